The number of nitrogens with zero attached hydrogens (tertiary/aromatic N) is 3. The first kappa shape index (κ1) is 13.8. The fraction of sp³-hybridized carbons (Fsp3) is 0.533. The average Bonchev–Trinajstić information content (AvgIpc) is 2.46. The van der Waals surface area contributed by atoms with Crippen molar-refractivity contribution in [2.45, 2.75) is 25.8 Å². The van der Waals surface area contributed by atoms with Crippen LogP contribution in [0.2, 0.25) is 0 Å². The summed E-state index contributed by atoms with van der Waals surface area (Å²) in [5.74, 6) is -0.433. The van der Waals surface area contributed by atoms with E-state index in [0.29, 0.717) is 11.7 Å². The largest absolute Gasteiger partial charge is 0.370 e. The Morgan fingerprint density at radius 1 is 1.42 bits per heavy atom. The van der Waals surface area contributed by atoms with Crippen LogP contribution < -0.4 is 4.90 Å². The molecule has 0 bridgehead atoms. The topological polar surface area (TPSA) is 30.3 Å². The van der Waals surface area contributed by atoms with Crippen LogP contribution in [-0.4, -0.2) is 37.6 Å². The zero-order chi connectivity index (χ0) is 13.8. The summed E-state index contributed by atoms with van der Waals surface area (Å²) < 4.78 is 13.6. The van der Waals surface area contributed by atoms with Gasteiger partial charge in [0.05, 0.1) is 5.69 Å². The zero-order valence-corrected chi connectivity index (χ0v) is 11.6. The molecule has 1 saturated heterocycles. The molecule has 102 valence electrons. The van der Waals surface area contributed by atoms with Crippen molar-refractivity contribution in [3.05, 3.63) is 29.6 Å². The minimum Gasteiger partial charge on any atom is -0.370 e. The number of anilines is 1. The van der Waals surface area contributed by atoms with E-state index in [1.54, 1.807) is 6.07 Å². The molecule has 3 nitrogen and oxygen atoms in total. The number of benzene rings is 1. The zero-order valence-electron chi connectivity index (χ0n) is 11.6. The molecule has 1 fully saturated rings. The normalized spacial score (nSPS) is 17.2. The average molecular weight is 261 g/mol. The van der Waals surface area contributed by atoms with Crippen molar-refractivity contribution >= 4 is 5.69 Å². The first-order valence-electron chi connectivity index (χ1n) is 6.81. The molecular formula is C15H20FN3. The number of piperidine rings is 1. The van der Waals surface area contributed by atoms with Gasteiger partial charge in [-0.05, 0) is 31.5 Å². The van der Waals surface area contributed by atoms with Gasteiger partial charge >= 0.3 is 0 Å². The lowest BCUT2D eigenvalue weighted by Crippen LogP contribution is -2.43. The molecule has 0 N–H and O–H groups in total. The first-order valence-corrected chi connectivity index (χ1v) is 6.81. The number of halogens is 1. The Balaban J connectivity index is 2.15. The molecule has 0 aliphatic carbocycles. The smallest absolute Gasteiger partial charge is 0.143 e. The third-order valence-corrected chi connectivity index (χ3v) is 4.04. The fourth-order valence-corrected chi connectivity index (χ4v) is 2.74. The molecule has 0 radical (unpaired) electrons. The van der Waals surface area contributed by atoms with Crippen molar-refractivity contribution in [2.24, 2.45) is 0 Å². The van der Waals surface area contributed by atoms with E-state index in [2.05, 4.69) is 16.7 Å². The van der Waals surface area contributed by atoms with Crippen LogP contribution in [0, 0.1) is 17.1 Å². The van der Waals surface area contributed by atoms with Crippen molar-refractivity contribution in [2.75, 3.05) is 31.6 Å². The first-order chi connectivity index (χ1) is 9.17. The van der Waals surface area contributed by atoms with Gasteiger partial charge in [0.2, 0.25) is 0 Å². The molecule has 0 amide bonds. The Labute approximate surface area is 114 Å². The van der Waals surface area contributed by atoms with E-state index in [9.17, 15) is 4.39 Å². The molecule has 0 spiro atoms. The van der Waals surface area contributed by atoms with E-state index in [-0.39, 0.29) is 5.56 Å². The lowest BCUT2D eigenvalue weighted by molar-refractivity contribution is 0.221. The minimum absolute atomic E-state index is 0.155. The predicted octanol–water partition coefficient (Wildman–Crippen LogP) is 2.62. The van der Waals surface area contributed by atoms with Crippen LogP contribution in [0.15, 0.2) is 18.2 Å². The van der Waals surface area contributed by atoms with Gasteiger partial charge in [-0.2, -0.15) is 5.26 Å². The molecular weight excluding hydrogens is 241 g/mol. The maximum atomic E-state index is 13.6. The Hall–Kier alpha value is -1.60. The summed E-state index contributed by atoms with van der Waals surface area (Å²) in [6.45, 7) is 5.40. The summed E-state index contributed by atoms with van der Waals surface area (Å²) in [5, 5.41) is 9.10. The van der Waals surface area contributed by atoms with Gasteiger partial charge in [-0.3, -0.25) is 0 Å². The Kier molecular flexibility index (Phi) is 4.39. The highest BCUT2D eigenvalue weighted by Gasteiger charge is 2.23. The van der Waals surface area contributed by atoms with Crippen molar-refractivity contribution in [3.8, 4) is 6.07 Å². The van der Waals surface area contributed by atoms with Crippen molar-refractivity contribution < 1.29 is 4.39 Å². The molecule has 0 unspecified atom stereocenters. The quantitative estimate of drug-likeness (QED) is 0.838. The molecule has 1 aromatic carbocycles. The third-order valence-electron chi connectivity index (χ3n) is 4.04. The van der Waals surface area contributed by atoms with Crippen molar-refractivity contribution in [1.82, 2.24) is 4.90 Å². The standard InChI is InChI=1S/C15H20FN3/c1-3-19-9-7-12(8-10-19)18(2)15-6-4-5-14(16)13(15)11-17/h4-6,12H,3,7-10H2,1-2H3. The van der Waals surface area contributed by atoms with Crippen LogP contribution in [-0.2, 0) is 0 Å². The number of hydrogen-bond acceptors (Lipinski definition) is 3. The second-order valence-corrected chi connectivity index (χ2v) is 5.02. The highest BCUT2D eigenvalue weighted by atomic mass is 19.1. The molecule has 1 aliphatic heterocycles. The van der Waals surface area contributed by atoms with Gasteiger partial charge in [-0.25, -0.2) is 4.39 Å². The maximum Gasteiger partial charge on any atom is 0.143 e. The van der Waals surface area contributed by atoms with E-state index in [1.807, 2.05) is 19.2 Å². The van der Waals surface area contributed by atoms with Gasteiger partial charge in [0.15, 0.2) is 0 Å². The van der Waals surface area contributed by atoms with Gasteiger partial charge in [-0.1, -0.05) is 13.0 Å². The van der Waals surface area contributed by atoms with Crippen molar-refractivity contribution in [1.29, 1.82) is 5.26 Å². The summed E-state index contributed by atoms with van der Waals surface area (Å²) in [6.07, 6.45) is 2.12. The Morgan fingerprint density at radius 3 is 2.68 bits per heavy atom. The van der Waals surface area contributed by atoms with E-state index in [1.165, 1.54) is 6.07 Å². The Morgan fingerprint density at radius 2 is 2.11 bits per heavy atom. The van der Waals surface area contributed by atoms with Crippen LogP contribution in [0.1, 0.15) is 25.3 Å². The molecule has 1 heterocycles. The molecule has 0 aromatic heterocycles. The van der Waals surface area contributed by atoms with E-state index < -0.39 is 5.82 Å². The van der Waals surface area contributed by atoms with Gasteiger partial charge in [-0.15, -0.1) is 0 Å². The van der Waals surface area contributed by atoms with Gasteiger partial charge in [0.1, 0.15) is 17.4 Å². The second-order valence-electron chi connectivity index (χ2n) is 5.02. The monoisotopic (exact) mass is 261 g/mol. The van der Waals surface area contributed by atoms with E-state index in [0.717, 1.165) is 32.5 Å². The summed E-state index contributed by atoms with van der Waals surface area (Å²) in [4.78, 5) is 4.48. The SMILES string of the molecule is CCN1CCC(N(C)c2cccc(F)c2C#N)CC1. The third kappa shape index (κ3) is 2.87. The molecule has 4 heteroatoms. The summed E-state index contributed by atoms with van der Waals surface area (Å²) in [5.41, 5.74) is 0.861. The van der Waals surface area contributed by atoms with Crippen LogP contribution >= 0.6 is 0 Å². The van der Waals surface area contributed by atoms with Gasteiger partial charge in [0.25, 0.3) is 0 Å². The molecule has 0 atom stereocenters. The summed E-state index contributed by atoms with van der Waals surface area (Å²) >= 11 is 0. The van der Waals surface area contributed by atoms with E-state index >= 15 is 0 Å². The summed E-state index contributed by atoms with van der Waals surface area (Å²) in [7, 11) is 1.96. The lowest BCUT2D eigenvalue weighted by atomic mass is 10.0. The molecule has 2 rings (SSSR count). The molecule has 1 aromatic rings. The molecule has 0 saturated carbocycles. The molecule has 1 aliphatic rings. The van der Waals surface area contributed by atoms with E-state index in [4.69, 9.17) is 5.26 Å². The van der Waals surface area contributed by atoms with Crippen LogP contribution in [0.4, 0.5) is 10.1 Å². The van der Waals surface area contributed by atoms with Crippen LogP contribution in [0.3, 0.4) is 0 Å². The highest BCUT2D eigenvalue weighted by molar-refractivity contribution is 5.60. The van der Waals surface area contributed by atoms with Crippen LogP contribution in [0.5, 0.6) is 0 Å². The number of rotatable bonds is 3. The van der Waals surface area contributed by atoms with Gasteiger partial charge < -0.3 is 9.80 Å². The van der Waals surface area contributed by atoms with Crippen LogP contribution in [0.25, 0.3) is 0 Å². The lowest BCUT2D eigenvalue weighted by Gasteiger charge is -2.37. The Bertz CT molecular complexity index is 473. The summed E-state index contributed by atoms with van der Waals surface area (Å²) in [6, 6.07) is 7.20. The minimum atomic E-state index is -0.433. The number of hydrogen-bond donors (Lipinski definition) is 0. The highest BCUT2D eigenvalue weighted by Crippen LogP contribution is 2.26. The number of likely N-dealkylation sites (tertiary alicyclic amines) is 1. The molecule has 19 heavy (non-hydrogen) atoms. The fourth-order valence-electron chi connectivity index (χ4n) is 2.74. The maximum absolute atomic E-state index is 13.6. The second kappa shape index (κ2) is 6.03. The van der Waals surface area contributed by atoms with Gasteiger partial charge in [0, 0.05) is 26.2 Å². The van der Waals surface area contributed by atoms with Crippen molar-refractivity contribution in [3.63, 3.8) is 0 Å². The number of nitriles is 1. The predicted molar refractivity (Wildman–Crippen MR) is 74.7 cm³/mol.